The number of carbonyl (C=O) groups excluding carboxylic acids is 1. The molecule has 3 rings (SSSR count). The average Bonchev–Trinajstić information content (AvgIpc) is 2.90. The molecule has 6 nitrogen and oxygen atoms in total. The van der Waals surface area contributed by atoms with Gasteiger partial charge in [0.1, 0.15) is 0 Å². The van der Waals surface area contributed by atoms with Gasteiger partial charge in [-0.25, -0.2) is 0 Å². The number of nitrogen functional groups attached to an aromatic ring is 1. The number of rotatable bonds is 2. The van der Waals surface area contributed by atoms with Crippen molar-refractivity contribution in [3.63, 3.8) is 0 Å². The molecular formula is C13H14ClN5O. The Hall–Kier alpha value is -2.08. The van der Waals surface area contributed by atoms with Gasteiger partial charge < -0.3 is 11.1 Å². The number of anilines is 2. The van der Waals surface area contributed by atoms with Crippen molar-refractivity contribution in [3.05, 3.63) is 34.6 Å². The van der Waals surface area contributed by atoms with Gasteiger partial charge in [-0.15, -0.1) is 0 Å². The summed E-state index contributed by atoms with van der Waals surface area (Å²) < 4.78 is 0. The Labute approximate surface area is 120 Å². The van der Waals surface area contributed by atoms with Crippen LogP contribution < -0.4 is 11.1 Å². The molecule has 1 aliphatic rings. The summed E-state index contributed by atoms with van der Waals surface area (Å²) >= 11 is 5.94. The maximum Gasteiger partial charge on any atom is 0.227 e. The number of fused-ring (bicyclic) bond motifs is 1. The topological polar surface area (TPSA) is 96.7 Å². The van der Waals surface area contributed by atoms with Crippen molar-refractivity contribution in [1.82, 2.24) is 15.4 Å². The number of aryl methyl sites for hydroxylation is 1. The zero-order valence-corrected chi connectivity index (χ0v) is 11.4. The van der Waals surface area contributed by atoms with Gasteiger partial charge >= 0.3 is 0 Å². The zero-order valence-electron chi connectivity index (χ0n) is 10.7. The minimum Gasteiger partial charge on any atom is -0.398 e. The molecule has 0 saturated heterocycles. The molecule has 104 valence electrons. The third kappa shape index (κ3) is 2.46. The van der Waals surface area contributed by atoms with Crippen molar-refractivity contribution < 1.29 is 4.79 Å². The standard InChI is InChI=1S/C13H14ClN5O/c14-9-6-8(2-3-10(9)15)16-13(20)7-1-4-11-12(5-7)18-19-17-11/h2-3,6-7H,1,4-5,15H2,(H,16,20)(H,17,18,19). The van der Waals surface area contributed by atoms with Crippen LogP contribution in [0.3, 0.4) is 0 Å². The van der Waals surface area contributed by atoms with Crippen LogP contribution in [0.1, 0.15) is 17.8 Å². The molecule has 1 amide bonds. The van der Waals surface area contributed by atoms with Crippen LogP contribution in [0.2, 0.25) is 5.02 Å². The predicted molar refractivity (Wildman–Crippen MR) is 76.4 cm³/mol. The van der Waals surface area contributed by atoms with E-state index in [2.05, 4.69) is 20.7 Å². The van der Waals surface area contributed by atoms with Crippen molar-refractivity contribution in [3.8, 4) is 0 Å². The molecular weight excluding hydrogens is 278 g/mol. The van der Waals surface area contributed by atoms with Gasteiger partial charge in [-0.05, 0) is 31.0 Å². The summed E-state index contributed by atoms with van der Waals surface area (Å²) in [6.45, 7) is 0. The molecule has 0 fully saturated rings. The molecule has 1 aromatic carbocycles. The first-order valence-corrected chi connectivity index (χ1v) is 6.75. The van der Waals surface area contributed by atoms with Crippen LogP contribution in [0.15, 0.2) is 18.2 Å². The number of amides is 1. The van der Waals surface area contributed by atoms with Gasteiger partial charge in [0.05, 0.1) is 22.1 Å². The van der Waals surface area contributed by atoms with Crippen molar-refractivity contribution in [2.45, 2.75) is 19.3 Å². The number of aromatic amines is 1. The number of nitrogens with two attached hydrogens (primary N) is 1. The number of nitrogens with zero attached hydrogens (tertiary/aromatic N) is 2. The van der Waals surface area contributed by atoms with E-state index in [9.17, 15) is 4.79 Å². The summed E-state index contributed by atoms with van der Waals surface area (Å²) in [6.07, 6.45) is 2.15. The molecule has 0 saturated carbocycles. The molecule has 1 unspecified atom stereocenters. The van der Waals surface area contributed by atoms with Crippen LogP contribution in [0, 0.1) is 5.92 Å². The number of hydrogen-bond acceptors (Lipinski definition) is 4. The van der Waals surface area contributed by atoms with Gasteiger partial charge in [0, 0.05) is 18.0 Å². The summed E-state index contributed by atoms with van der Waals surface area (Å²) in [5, 5.41) is 14.0. The molecule has 0 bridgehead atoms. The first kappa shape index (κ1) is 12.9. The second-order valence-corrected chi connectivity index (χ2v) is 5.29. The van der Waals surface area contributed by atoms with E-state index in [1.54, 1.807) is 18.2 Å². The lowest BCUT2D eigenvalue weighted by molar-refractivity contribution is -0.120. The van der Waals surface area contributed by atoms with E-state index in [4.69, 9.17) is 17.3 Å². The fourth-order valence-electron chi connectivity index (χ4n) is 2.36. The smallest absolute Gasteiger partial charge is 0.227 e. The normalized spacial score (nSPS) is 17.6. The number of benzene rings is 1. The van der Waals surface area contributed by atoms with Gasteiger partial charge in [-0.2, -0.15) is 15.4 Å². The minimum absolute atomic E-state index is 0.0283. The first-order valence-electron chi connectivity index (χ1n) is 6.38. The Kier molecular flexibility index (Phi) is 3.31. The number of carbonyl (C=O) groups is 1. The summed E-state index contributed by atoms with van der Waals surface area (Å²) in [4.78, 5) is 12.3. The van der Waals surface area contributed by atoms with Crippen molar-refractivity contribution in [2.75, 3.05) is 11.1 Å². The maximum atomic E-state index is 12.3. The highest BCUT2D eigenvalue weighted by molar-refractivity contribution is 6.33. The van der Waals surface area contributed by atoms with Crippen LogP contribution in [0.4, 0.5) is 11.4 Å². The quantitative estimate of drug-likeness (QED) is 0.735. The Bertz CT molecular complexity index is 654. The number of H-pyrrole nitrogens is 1. The molecule has 0 aliphatic heterocycles. The fourth-order valence-corrected chi connectivity index (χ4v) is 2.54. The number of halogens is 1. The number of hydrogen-bond donors (Lipinski definition) is 3. The summed E-state index contributed by atoms with van der Waals surface area (Å²) in [6, 6.07) is 5.07. The first-order chi connectivity index (χ1) is 9.63. The predicted octanol–water partition coefficient (Wildman–Crippen LogP) is 1.78. The molecule has 2 aromatic rings. The van der Waals surface area contributed by atoms with Gasteiger partial charge in [0.15, 0.2) is 0 Å². The van der Waals surface area contributed by atoms with Crippen molar-refractivity contribution in [1.29, 1.82) is 0 Å². The van der Waals surface area contributed by atoms with Gasteiger partial charge in [-0.3, -0.25) is 4.79 Å². The Morgan fingerprint density at radius 2 is 2.20 bits per heavy atom. The lowest BCUT2D eigenvalue weighted by Crippen LogP contribution is -2.28. The van der Waals surface area contributed by atoms with Crippen LogP contribution in [0.25, 0.3) is 0 Å². The third-order valence-electron chi connectivity index (χ3n) is 3.51. The second kappa shape index (κ2) is 5.13. The molecule has 20 heavy (non-hydrogen) atoms. The molecule has 1 aromatic heterocycles. The lowest BCUT2D eigenvalue weighted by Gasteiger charge is -2.19. The molecule has 4 N–H and O–H groups in total. The van der Waals surface area contributed by atoms with E-state index in [-0.39, 0.29) is 11.8 Å². The Morgan fingerprint density at radius 1 is 1.40 bits per heavy atom. The SMILES string of the molecule is Nc1ccc(NC(=O)C2CCc3n[nH]nc3C2)cc1Cl. The van der Waals surface area contributed by atoms with Gasteiger partial charge in [0.2, 0.25) is 5.91 Å². The second-order valence-electron chi connectivity index (χ2n) is 4.88. The van der Waals surface area contributed by atoms with Crippen LogP contribution in [-0.4, -0.2) is 21.3 Å². The van der Waals surface area contributed by atoms with Crippen LogP contribution >= 0.6 is 11.6 Å². The van der Waals surface area contributed by atoms with Gasteiger partial charge in [-0.1, -0.05) is 11.6 Å². The third-order valence-corrected chi connectivity index (χ3v) is 3.84. The average molecular weight is 292 g/mol. The van der Waals surface area contributed by atoms with E-state index in [0.717, 1.165) is 24.2 Å². The molecule has 1 atom stereocenters. The van der Waals surface area contributed by atoms with Crippen molar-refractivity contribution in [2.24, 2.45) is 5.92 Å². The molecule has 0 spiro atoms. The maximum absolute atomic E-state index is 12.3. The minimum atomic E-state index is -0.0936. The number of aromatic nitrogens is 3. The largest absolute Gasteiger partial charge is 0.398 e. The highest BCUT2D eigenvalue weighted by atomic mass is 35.5. The zero-order chi connectivity index (χ0) is 14.1. The Morgan fingerprint density at radius 3 is 3.00 bits per heavy atom. The monoisotopic (exact) mass is 291 g/mol. The number of nitrogens with one attached hydrogen (secondary N) is 2. The van der Waals surface area contributed by atoms with E-state index in [1.807, 2.05) is 0 Å². The van der Waals surface area contributed by atoms with E-state index >= 15 is 0 Å². The van der Waals surface area contributed by atoms with Crippen LogP contribution in [0.5, 0.6) is 0 Å². The molecule has 1 aliphatic carbocycles. The van der Waals surface area contributed by atoms with Gasteiger partial charge in [0.25, 0.3) is 0 Å². The highest BCUT2D eigenvalue weighted by Crippen LogP contribution is 2.26. The van der Waals surface area contributed by atoms with Crippen LogP contribution in [-0.2, 0) is 17.6 Å². The van der Waals surface area contributed by atoms with E-state index in [1.165, 1.54) is 0 Å². The summed E-state index contributed by atoms with van der Waals surface area (Å²) in [7, 11) is 0. The van der Waals surface area contributed by atoms with Crippen molar-refractivity contribution >= 4 is 28.9 Å². The van der Waals surface area contributed by atoms with E-state index < -0.39 is 0 Å². The summed E-state index contributed by atoms with van der Waals surface area (Å²) in [5.41, 5.74) is 8.63. The fraction of sp³-hybridized carbons (Fsp3) is 0.308. The molecule has 1 heterocycles. The lowest BCUT2D eigenvalue weighted by atomic mass is 9.89. The highest BCUT2D eigenvalue weighted by Gasteiger charge is 2.27. The molecule has 0 radical (unpaired) electrons. The van der Waals surface area contributed by atoms with E-state index in [0.29, 0.717) is 22.8 Å². The Balaban J connectivity index is 1.69. The summed E-state index contributed by atoms with van der Waals surface area (Å²) in [5.74, 6) is -0.122. The molecule has 7 heteroatoms.